The summed E-state index contributed by atoms with van der Waals surface area (Å²) in [5, 5.41) is 0. The number of rotatable bonds is 2. The lowest BCUT2D eigenvalue weighted by atomic mass is 10.1. The van der Waals surface area contributed by atoms with Gasteiger partial charge >= 0.3 is 5.97 Å². The summed E-state index contributed by atoms with van der Waals surface area (Å²) >= 11 is 0. The van der Waals surface area contributed by atoms with Gasteiger partial charge in [0.1, 0.15) is 0 Å². The first-order chi connectivity index (χ1) is 5.29. The van der Waals surface area contributed by atoms with Gasteiger partial charge in [0.2, 0.25) is 0 Å². The molecule has 0 saturated carbocycles. The van der Waals surface area contributed by atoms with Crippen molar-refractivity contribution in [2.45, 2.75) is 0 Å². The van der Waals surface area contributed by atoms with Gasteiger partial charge < -0.3 is 9.47 Å². The molecule has 11 heavy (non-hydrogen) atoms. The van der Waals surface area contributed by atoms with Gasteiger partial charge in [-0.05, 0) is 5.57 Å². The van der Waals surface area contributed by atoms with Gasteiger partial charge in [-0.1, -0.05) is 12.7 Å². The first kappa shape index (κ1) is 8.01. The Hall–Kier alpha value is -1.09. The van der Waals surface area contributed by atoms with Crippen molar-refractivity contribution in [3.8, 4) is 0 Å². The quantitative estimate of drug-likeness (QED) is 0.548. The van der Waals surface area contributed by atoms with Gasteiger partial charge in [0, 0.05) is 0 Å². The van der Waals surface area contributed by atoms with Crippen LogP contribution < -0.4 is 0 Å². The van der Waals surface area contributed by atoms with Crippen molar-refractivity contribution in [2.24, 2.45) is 0 Å². The van der Waals surface area contributed by atoms with E-state index in [-0.39, 0.29) is 5.97 Å². The van der Waals surface area contributed by atoms with E-state index in [1.54, 1.807) is 6.08 Å². The van der Waals surface area contributed by atoms with Crippen molar-refractivity contribution in [1.29, 1.82) is 0 Å². The highest BCUT2D eigenvalue weighted by Crippen LogP contribution is 2.15. The zero-order valence-electron chi connectivity index (χ0n) is 6.42. The highest BCUT2D eigenvalue weighted by Gasteiger charge is 2.19. The molecule has 1 aliphatic heterocycles. The zero-order valence-corrected chi connectivity index (χ0v) is 6.42. The predicted molar refractivity (Wildman–Crippen MR) is 40.1 cm³/mol. The van der Waals surface area contributed by atoms with Gasteiger partial charge in [0.25, 0.3) is 0 Å². The maximum absolute atomic E-state index is 11.0. The Morgan fingerprint density at radius 2 is 2.45 bits per heavy atom. The molecule has 0 aromatic rings. The standard InChI is InChI=1S/C8H10O3/c1-3-6-4-11-5-7(6)8(9)10-2/h3H,1,4-5H2,2H3. The molecule has 0 aromatic carbocycles. The molecule has 0 N–H and O–H groups in total. The lowest BCUT2D eigenvalue weighted by molar-refractivity contribution is -0.136. The number of carbonyl (C=O) groups is 1. The van der Waals surface area contributed by atoms with Crippen LogP contribution in [0.25, 0.3) is 0 Å². The molecule has 3 heteroatoms. The first-order valence-corrected chi connectivity index (χ1v) is 3.30. The highest BCUT2D eigenvalue weighted by atomic mass is 16.5. The van der Waals surface area contributed by atoms with Crippen LogP contribution in [0.1, 0.15) is 0 Å². The highest BCUT2D eigenvalue weighted by molar-refractivity contribution is 5.90. The number of ether oxygens (including phenoxy) is 2. The Labute approximate surface area is 65.3 Å². The van der Waals surface area contributed by atoms with E-state index in [4.69, 9.17) is 4.74 Å². The Morgan fingerprint density at radius 1 is 1.73 bits per heavy atom. The largest absolute Gasteiger partial charge is 0.466 e. The molecular weight excluding hydrogens is 144 g/mol. The topological polar surface area (TPSA) is 35.5 Å². The molecule has 0 aromatic heterocycles. The molecule has 0 bridgehead atoms. The normalized spacial score (nSPS) is 16.8. The molecular formula is C8H10O3. The molecule has 1 rings (SSSR count). The van der Waals surface area contributed by atoms with E-state index < -0.39 is 0 Å². The number of hydrogen-bond acceptors (Lipinski definition) is 3. The summed E-state index contributed by atoms with van der Waals surface area (Å²) in [4.78, 5) is 11.0. The molecule has 1 aliphatic rings. The van der Waals surface area contributed by atoms with E-state index in [0.29, 0.717) is 18.8 Å². The smallest absolute Gasteiger partial charge is 0.336 e. The average Bonchev–Trinajstić information content (AvgIpc) is 2.50. The van der Waals surface area contributed by atoms with Crippen molar-refractivity contribution < 1.29 is 14.3 Å². The van der Waals surface area contributed by atoms with Gasteiger partial charge in [-0.2, -0.15) is 0 Å². The molecule has 1 heterocycles. The summed E-state index contributed by atoms with van der Waals surface area (Å²) in [5.41, 5.74) is 1.42. The van der Waals surface area contributed by atoms with E-state index in [0.717, 1.165) is 5.57 Å². The average molecular weight is 154 g/mol. The molecule has 0 fully saturated rings. The number of carbonyl (C=O) groups excluding carboxylic acids is 1. The van der Waals surface area contributed by atoms with Crippen molar-refractivity contribution in [2.75, 3.05) is 20.3 Å². The molecule has 60 valence electrons. The second kappa shape index (κ2) is 3.34. The second-order valence-corrected chi connectivity index (χ2v) is 2.19. The summed E-state index contributed by atoms with van der Waals surface area (Å²) in [7, 11) is 1.36. The molecule has 3 nitrogen and oxygen atoms in total. The van der Waals surface area contributed by atoms with E-state index in [9.17, 15) is 4.79 Å². The van der Waals surface area contributed by atoms with Crippen LogP contribution in [0.5, 0.6) is 0 Å². The molecule has 0 unspecified atom stereocenters. The van der Waals surface area contributed by atoms with Crippen molar-refractivity contribution >= 4 is 5.97 Å². The van der Waals surface area contributed by atoms with Gasteiger partial charge in [0.05, 0.1) is 25.9 Å². The fourth-order valence-electron chi connectivity index (χ4n) is 0.938. The van der Waals surface area contributed by atoms with Crippen LogP contribution in [0.15, 0.2) is 23.8 Å². The fourth-order valence-corrected chi connectivity index (χ4v) is 0.938. The van der Waals surface area contributed by atoms with Crippen molar-refractivity contribution in [3.05, 3.63) is 23.8 Å². The Balaban J connectivity index is 2.82. The second-order valence-electron chi connectivity index (χ2n) is 2.19. The van der Waals surface area contributed by atoms with Crippen LogP contribution in [-0.2, 0) is 14.3 Å². The van der Waals surface area contributed by atoms with Crippen LogP contribution in [0, 0.1) is 0 Å². The van der Waals surface area contributed by atoms with Crippen LogP contribution in [0.4, 0.5) is 0 Å². The number of esters is 1. The number of methoxy groups -OCH3 is 1. The van der Waals surface area contributed by atoms with Crippen LogP contribution >= 0.6 is 0 Å². The minimum absolute atomic E-state index is 0.322. The van der Waals surface area contributed by atoms with Gasteiger partial charge in [-0.25, -0.2) is 4.79 Å². The Morgan fingerprint density at radius 3 is 3.00 bits per heavy atom. The first-order valence-electron chi connectivity index (χ1n) is 3.30. The van der Waals surface area contributed by atoms with E-state index in [1.165, 1.54) is 7.11 Å². The summed E-state index contributed by atoms with van der Waals surface area (Å²) < 4.78 is 9.58. The zero-order chi connectivity index (χ0) is 8.27. The van der Waals surface area contributed by atoms with Crippen molar-refractivity contribution in [3.63, 3.8) is 0 Å². The Bertz CT molecular complexity index is 215. The lowest BCUT2D eigenvalue weighted by Crippen LogP contribution is -2.06. The minimum Gasteiger partial charge on any atom is -0.466 e. The molecule has 0 aliphatic carbocycles. The SMILES string of the molecule is C=CC1=C(C(=O)OC)COC1. The Kier molecular flexibility index (Phi) is 2.44. The predicted octanol–water partition coefficient (Wildman–Crippen LogP) is 0.672. The molecule has 0 radical (unpaired) electrons. The summed E-state index contributed by atoms with van der Waals surface area (Å²) in [6.45, 7) is 4.37. The van der Waals surface area contributed by atoms with Crippen LogP contribution in [0.3, 0.4) is 0 Å². The third-order valence-electron chi connectivity index (χ3n) is 1.57. The maximum Gasteiger partial charge on any atom is 0.336 e. The molecule has 0 atom stereocenters. The fraction of sp³-hybridized carbons (Fsp3) is 0.375. The van der Waals surface area contributed by atoms with Crippen molar-refractivity contribution in [1.82, 2.24) is 0 Å². The molecule has 0 spiro atoms. The van der Waals surface area contributed by atoms with E-state index >= 15 is 0 Å². The molecule has 0 amide bonds. The van der Waals surface area contributed by atoms with Gasteiger partial charge in [-0.3, -0.25) is 0 Å². The molecule has 0 saturated heterocycles. The summed E-state index contributed by atoms with van der Waals surface area (Å²) in [6, 6.07) is 0. The van der Waals surface area contributed by atoms with Crippen LogP contribution in [-0.4, -0.2) is 26.3 Å². The van der Waals surface area contributed by atoms with Crippen LogP contribution in [0.2, 0.25) is 0 Å². The van der Waals surface area contributed by atoms with Gasteiger partial charge in [-0.15, -0.1) is 0 Å². The monoisotopic (exact) mass is 154 g/mol. The third kappa shape index (κ3) is 1.49. The maximum atomic E-state index is 11.0. The van der Waals surface area contributed by atoms with E-state index in [1.807, 2.05) is 0 Å². The summed E-state index contributed by atoms with van der Waals surface area (Å²) in [6.07, 6.45) is 1.62. The summed E-state index contributed by atoms with van der Waals surface area (Å²) in [5.74, 6) is -0.322. The minimum atomic E-state index is -0.322. The van der Waals surface area contributed by atoms with E-state index in [2.05, 4.69) is 11.3 Å². The lowest BCUT2D eigenvalue weighted by Gasteiger charge is -1.97. The van der Waals surface area contributed by atoms with Gasteiger partial charge in [0.15, 0.2) is 0 Å². The third-order valence-corrected chi connectivity index (χ3v) is 1.57. The number of hydrogen-bond donors (Lipinski definition) is 0.